The molecular weight excluding hydrogens is 215 g/mol. The third-order valence-electron chi connectivity index (χ3n) is 4.81. The molecule has 0 aliphatic heterocycles. The summed E-state index contributed by atoms with van der Waals surface area (Å²) in [6, 6.07) is 0. The molecule has 88 valence electrons. The molecule has 2 saturated carbocycles. The first-order valence-electron chi connectivity index (χ1n) is 5.16. The number of hydrogen-bond acceptors (Lipinski definition) is 3. The van der Waals surface area contributed by atoms with Gasteiger partial charge < -0.3 is 5.11 Å². The van der Waals surface area contributed by atoms with E-state index in [0.29, 0.717) is 0 Å². The maximum Gasteiger partial charge on any atom is 0.318 e. The van der Waals surface area contributed by atoms with Crippen LogP contribution in [0.25, 0.3) is 0 Å². The molecule has 0 saturated heterocycles. The maximum absolute atomic E-state index is 13.2. The van der Waals surface area contributed by atoms with Crippen LogP contribution in [0.1, 0.15) is 26.7 Å². The smallest absolute Gasteiger partial charge is 0.318 e. The third-order valence-corrected chi connectivity index (χ3v) is 4.81. The van der Waals surface area contributed by atoms with Crippen LogP contribution < -0.4 is 0 Å². The second-order valence-electron chi connectivity index (χ2n) is 5.21. The van der Waals surface area contributed by atoms with Crippen molar-refractivity contribution in [2.75, 3.05) is 6.67 Å². The van der Waals surface area contributed by atoms with Crippen LogP contribution in [-0.4, -0.2) is 29.3 Å². The maximum atomic E-state index is 13.2. The Hall–Kier alpha value is -1.26. The Kier molecular flexibility index (Phi) is 1.90. The highest BCUT2D eigenvalue weighted by Crippen LogP contribution is 2.69. The van der Waals surface area contributed by atoms with E-state index in [1.807, 2.05) is 0 Å². The molecule has 5 heteroatoms. The molecule has 0 amide bonds. The standard InChI is InChI=1S/C11H13FO4/c1-9(2)10(5-12)3-4-11(9,8(15)16)7(14)6(10)13/h3-5H2,1-2H3,(H,15,16)/t10-,11+/m1/s1. The fourth-order valence-electron chi connectivity index (χ4n) is 3.41. The lowest BCUT2D eigenvalue weighted by atomic mass is 9.64. The number of carbonyl (C=O) groups excluding carboxylic acids is 2. The fourth-order valence-corrected chi connectivity index (χ4v) is 3.41. The van der Waals surface area contributed by atoms with Crippen LogP contribution in [0.4, 0.5) is 4.39 Å². The molecule has 2 aliphatic rings. The van der Waals surface area contributed by atoms with Gasteiger partial charge in [-0.05, 0) is 12.8 Å². The van der Waals surface area contributed by atoms with Gasteiger partial charge in [-0.25, -0.2) is 4.39 Å². The van der Waals surface area contributed by atoms with Gasteiger partial charge in [-0.15, -0.1) is 0 Å². The van der Waals surface area contributed by atoms with E-state index >= 15 is 0 Å². The molecule has 2 rings (SSSR count). The molecule has 0 heterocycles. The van der Waals surface area contributed by atoms with E-state index in [1.165, 1.54) is 13.8 Å². The summed E-state index contributed by atoms with van der Waals surface area (Å²) in [5, 5.41) is 9.23. The Balaban J connectivity index is 2.72. The summed E-state index contributed by atoms with van der Waals surface area (Å²) in [6.07, 6.45) is 0.206. The predicted octanol–water partition coefficient (Wildman–Crippen LogP) is 0.985. The highest BCUT2D eigenvalue weighted by Gasteiger charge is 2.80. The average molecular weight is 228 g/mol. The summed E-state index contributed by atoms with van der Waals surface area (Å²) in [6.45, 7) is 2.06. The highest BCUT2D eigenvalue weighted by molar-refractivity contribution is 6.48. The summed E-state index contributed by atoms with van der Waals surface area (Å²) in [5.41, 5.74) is -4.27. The second kappa shape index (κ2) is 2.70. The minimum absolute atomic E-state index is 0.0594. The van der Waals surface area contributed by atoms with E-state index in [0.717, 1.165) is 0 Å². The van der Waals surface area contributed by atoms with Crippen LogP contribution in [0.2, 0.25) is 0 Å². The van der Waals surface area contributed by atoms with Gasteiger partial charge in [0.05, 0.1) is 5.41 Å². The average Bonchev–Trinajstić information content (AvgIpc) is 2.51. The lowest BCUT2D eigenvalue weighted by Crippen LogP contribution is -2.44. The first kappa shape index (κ1) is 11.2. The number of halogens is 1. The summed E-state index contributed by atoms with van der Waals surface area (Å²) >= 11 is 0. The number of carbonyl (C=O) groups is 3. The Morgan fingerprint density at radius 1 is 1.31 bits per heavy atom. The van der Waals surface area contributed by atoms with Crippen LogP contribution in [0.15, 0.2) is 0 Å². The zero-order valence-corrected chi connectivity index (χ0v) is 9.17. The van der Waals surface area contributed by atoms with Crippen LogP contribution in [0.3, 0.4) is 0 Å². The lowest BCUT2D eigenvalue weighted by molar-refractivity contribution is -0.160. The molecule has 0 spiro atoms. The number of ketones is 2. The summed E-state index contributed by atoms with van der Waals surface area (Å²) in [5.74, 6) is -3.06. The predicted molar refractivity (Wildman–Crippen MR) is 51.5 cm³/mol. The van der Waals surface area contributed by atoms with Crippen molar-refractivity contribution in [3.8, 4) is 0 Å². The van der Waals surface area contributed by atoms with Gasteiger partial charge in [0.15, 0.2) is 0 Å². The Bertz CT molecular complexity index is 414. The first-order chi connectivity index (χ1) is 7.28. The summed E-state index contributed by atoms with van der Waals surface area (Å²) in [4.78, 5) is 34.9. The number of alkyl halides is 1. The number of fused-ring (bicyclic) bond motifs is 2. The van der Waals surface area contributed by atoms with E-state index in [-0.39, 0.29) is 12.8 Å². The number of aliphatic carboxylic acids is 1. The number of rotatable bonds is 2. The van der Waals surface area contributed by atoms with Crippen molar-refractivity contribution >= 4 is 17.5 Å². The SMILES string of the molecule is CC1(C)[C@@]2(CF)CC[C@@]1(C(=O)O)C(=O)C2=O. The van der Waals surface area contributed by atoms with Crippen molar-refractivity contribution < 1.29 is 23.9 Å². The quantitative estimate of drug-likeness (QED) is 0.565. The normalized spacial score (nSPS) is 40.4. The minimum atomic E-state index is -1.71. The fraction of sp³-hybridized carbons (Fsp3) is 0.727. The molecule has 1 N–H and O–H groups in total. The van der Waals surface area contributed by atoms with Gasteiger partial charge in [0.2, 0.25) is 11.6 Å². The zero-order chi connectivity index (χ0) is 12.4. The van der Waals surface area contributed by atoms with Crippen LogP contribution >= 0.6 is 0 Å². The van der Waals surface area contributed by atoms with Gasteiger partial charge in [-0.2, -0.15) is 0 Å². The van der Waals surface area contributed by atoms with E-state index in [2.05, 4.69) is 0 Å². The molecule has 0 radical (unpaired) electrons. The van der Waals surface area contributed by atoms with Crippen molar-refractivity contribution in [2.45, 2.75) is 26.7 Å². The zero-order valence-electron chi connectivity index (χ0n) is 9.17. The van der Waals surface area contributed by atoms with E-state index in [1.54, 1.807) is 0 Å². The van der Waals surface area contributed by atoms with Crippen LogP contribution in [0.5, 0.6) is 0 Å². The van der Waals surface area contributed by atoms with E-state index in [4.69, 9.17) is 0 Å². The lowest BCUT2D eigenvalue weighted by Gasteiger charge is -2.35. The van der Waals surface area contributed by atoms with Crippen molar-refractivity contribution in [1.29, 1.82) is 0 Å². The molecule has 0 unspecified atom stereocenters. The van der Waals surface area contributed by atoms with E-state index < -0.39 is 40.5 Å². The molecule has 0 aromatic rings. The van der Waals surface area contributed by atoms with Crippen molar-refractivity contribution in [1.82, 2.24) is 0 Å². The molecule has 2 atom stereocenters. The number of hydrogen-bond donors (Lipinski definition) is 1. The molecule has 4 nitrogen and oxygen atoms in total. The van der Waals surface area contributed by atoms with Crippen LogP contribution in [-0.2, 0) is 14.4 Å². The van der Waals surface area contributed by atoms with Crippen molar-refractivity contribution in [3.05, 3.63) is 0 Å². The van der Waals surface area contributed by atoms with Gasteiger partial charge in [0.25, 0.3) is 0 Å². The minimum Gasteiger partial charge on any atom is -0.480 e. The topological polar surface area (TPSA) is 71.4 Å². The number of Topliss-reactive ketones (excluding diaryl/α,β-unsaturated/α-hetero) is 2. The molecule has 0 aromatic carbocycles. The van der Waals surface area contributed by atoms with Gasteiger partial charge in [-0.3, -0.25) is 14.4 Å². The Morgan fingerprint density at radius 2 is 1.88 bits per heavy atom. The molecule has 16 heavy (non-hydrogen) atoms. The van der Waals surface area contributed by atoms with Gasteiger partial charge in [-0.1, -0.05) is 13.8 Å². The van der Waals surface area contributed by atoms with Crippen molar-refractivity contribution in [2.24, 2.45) is 16.2 Å². The Labute approximate surface area is 91.8 Å². The summed E-state index contributed by atoms with van der Waals surface area (Å²) in [7, 11) is 0. The van der Waals surface area contributed by atoms with Crippen LogP contribution in [0, 0.1) is 16.2 Å². The molecule has 2 aliphatic carbocycles. The Morgan fingerprint density at radius 3 is 2.19 bits per heavy atom. The largest absolute Gasteiger partial charge is 0.480 e. The van der Waals surface area contributed by atoms with Crippen molar-refractivity contribution in [3.63, 3.8) is 0 Å². The van der Waals surface area contributed by atoms with Gasteiger partial charge >= 0.3 is 5.97 Å². The number of carboxylic acid groups (broad SMARTS) is 1. The molecular formula is C11H13FO4. The third kappa shape index (κ3) is 0.739. The monoisotopic (exact) mass is 228 g/mol. The van der Waals surface area contributed by atoms with E-state index in [9.17, 15) is 23.9 Å². The molecule has 2 bridgehead atoms. The molecule has 0 aromatic heterocycles. The first-order valence-corrected chi connectivity index (χ1v) is 5.16. The second-order valence-corrected chi connectivity index (χ2v) is 5.21. The molecule has 2 fully saturated rings. The highest BCUT2D eigenvalue weighted by atomic mass is 19.1. The van der Waals surface area contributed by atoms with Gasteiger partial charge in [0, 0.05) is 5.41 Å². The summed E-state index contributed by atoms with van der Waals surface area (Å²) < 4.78 is 13.2. The number of carboxylic acids is 1. The van der Waals surface area contributed by atoms with Gasteiger partial charge in [0.1, 0.15) is 12.1 Å².